The largest absolute Gasteiger partial charge is 0.298 e. The number of hydrogen-bond acceptors (Lipinski definition) is 5. The van der Waals surface area contributed by atoms with Crippen LogP contribution < -0.4 is 5.32 Å². The van der Waals surface area contributed by atoms with Gasteiger partial charge in [-0.05, 0) is 25.0 Å². The van der Waals surface area contributed by atoms with Crippen LogP contribution in [0.25, 0.3) is 0 Å². The van der Waals surface area contributed by atoms with Crippen LogP contribution in [-0.2, 0) is 0 Å². The average molecular weight is 351 g/mol. The molecule has 1 aliphatic heterocycles. The van der Waals surface area contributed by atoms with Crippen molar-refractivity contribution < 1.29 is 0 Å². The maximum absolute atomic E-state index is 10.0. The first-order valence-corrected chi connectivity index (χ1v) is 8.52. The van der Waals surface area contributed by atoms with E-state index in [4.69, 9.17) is 0 Å². The van der Waals surface area contributed by atoms with Crippen LogP contribution in [0.2, 0.25) is 0 Å². The van der Waals surface area contributed by atoms with Crippen LogP contribution in [0.4, 0.5) is 0 Å². The van der Waals surface area contributed by atoms with Crippen LogP contribution >= 0.6 is 0 Å². The standard InChI is InChI=1S/C22H17N5/c1-15-5-3-7-17(9-15)19-21(11-23,12-24)22(13-25,14-26)20(27-19)18-8-4-6-16(2)10-18/h3-10,19-20,27H,1-2H3. The van der Waals surface area contributed by atoms with Crippen LogP contribution in [0.15, 0.2) is 48.5 Å². The molecule has 2 aromatic carbocycles. The zero-order valence-corrected chi connectivity index (χ0v) is 15.1. The number of hydrogen-bond donors (Lipinski definition) is 1. The van der Waals surface area contributed by atoms with E-state index in [9.17, 15) is 21.0 Å². The highest BCUT2D eigenvalue weighted by Crippen LogP contribution is 2.60. The third-order valence-electron chi connectivity index (χ3n) is 5.28. The minimum atomic E-state index is -1.85. The predicted octanol–water partition coefficient (Wildman–Crippen LogP) is 3.76. The van der Waals surface area contributed by atoms with Gasteiger partial charge in [-0.15, -0.1) is 0 Å². The molecule has 1 saturated heterocycles. The van der Waals surface area contributed by atoms with E-state index in [1.165, 1.54) is 0 Å². The molecule has 0 saturated carbocycles. The molecule has 1 fully saturated rings. The molecule has 5 nitrogen and oxygen atoms in total. The summed E-state index contributed by atoms with van der Waals surface area (Å²) in [5, 5.41) is 43.4. The Morgan fingerprint density at radius 2 is 1.07 bits per heavy atom. The molecule has 130 valence electrons. The van der Waals surface area contributed by atoms with Gasteiger partial charge in [-0.1, -0.05) is 59.7 Å². The van der Waals surface area contributed by atoms with Crippen LogP contribution in [0.5, 0.6) is 0 Å². The van der Waals surface area contributed by atoms with Gasteiger partial charge in [0.1, 0.15) is 0 Å². The molecule has 0 amide bonds. The fraction of sp³-hybridized carbons (Fsp3) is 0.273. The van der Waals surface area contributed by atoms with Gasteiger partial charge in [0.25, 0.3) is 0 Å². The maximum Gasteiger partial charge on any atom is 0.196 e. The average Bonchev–Trinajstić information content (AvgIpc) is 2.98. The van der Waals surface area contributed by atoms with Crippen LogP contribution in [0, 0.1) is 70.0 Å². The molecule has 2 unspecified atom stereocenters. The first kappa shape index (κ1) is 18.2. The molecule has 27 heavy (non-hydrogen) atoms. The molecule has 1 heterocycles. The Morgan fingerprint density at radius 1 is 0.704 bits per heavy atom. The quantitative estimate of drug-likeness (QED) is 0.886. The summed E-state index contributed by atoms with van der Waals surface area (Å²) in [6.45, 7) is 3.83. The van der Waals surface area contributed by atoms with Crippen molar-refractivity contribution in [3.05, 3.63) is 70.8 Å². The van der Waals surface area contributed by atoms with E-state index in [2.05, 4.69) is 5.32 Å². The van der Waals surface area contributed by atoms with E-state index in [0.29, 0.717) is 11.1 Å². The molecule has 2 atom stereocenters. The van der Waals surface area contributed by atoms with Gasteiger partial charge < -0.3 is 0 Å². The number of nitrogens with one attached hydrogen (secondary N) is 1. The highest BCUT2D eigenvalue weighted by molar-refractivity contribution is 5.49. The second kappa shape index (κ2) is 6.59. The summed E-state index contributed by atoms with van der Waals surface area (Å²) < 4.78 is 0. The van der Waals surface area contributed by atoms with E-state index in [1.54, 1.807) is 0 Å². The lowest BCUT2D eigenvalue weighted by Crippen LogP contribution is -2.39. The fourth-order valence-corrected chi connectivity index (χ4v) is 3.92. The minimum absolute atomic E-state index is 0.711. The Labute approximate surface area is 158 Å². The Hall–Kier alpha value is -3.64. The summed E-state index contributed by atoms with van der Waals surface area (Å²) in [5.74, 6) is 0. The van der Waals surface area contributed by atoms with E-state index >= 15 is 0 Å². The van der Waals surface area contributed by atoms with E-state index in [1.807, 2.05) is 86.7 Å². The van der Waals surface area contributed by atoms with Crippen molar-refractivity contribution in [3.8, 4) is 24.3 Å². The van der Waals surface area contributed by atoms with Crippen LogP contribution in [0.3, 0.4) is 0 Å². The van der Waals surface area contributed by atoms with Crippen molar-refractivity contribution in [1.82, 2.24) is 5.32 Å². The second-order valence-electron chi connectivity index (χ2n) is 6.92. The Morgan fingerprint density at radius 3 is 1.37 bits per heavy atom. The summed E-state index contributed by atoms with van der Waals surface area (Å²) in [7, 11) is 0. The summed E-state index contributed by atoms with van der Waals surface area (Å²) in [5.41, 5.74) is -0.335. The van der Waals surface area contributed by atoms with Crippen molar-refractivity contribution >= 4 is 0 Å². The molecular weight excluding hydrogens is 334 g/mol. The Balaban J connectivity index is 2.30. The molecule has 1 N–H and O–H groups in total. The van der Waals surface area contributed by atoms with Crippen molar-refractivity contribution in [2.45, 2.75) is 25.9 Å². The zero-order chi connectivity index (χ0) is 19.7. The molecule has 0 radical (unpaired) electrons. The number of nitriles is 4. The van der Waals surface area contributed by atoms with Gasteiger partial charge in [0.15, 0.2) is 10.8 Å². The molecule has 0 bridgehead atoms. The Kier molecular flexibility index (Phi) is 4.43. The molecule has 1 aliphatic rings. The van der Waals surface area contributed by atoms with Gasteiger partial charge in [-0.2, -0.15) is 21.0 Å². The van der Waals surface area contributed by atoms with E-state index in [-0.39, 0.29) is 0 Å². The van der Waals surface area contributed by atoms with Gasteiger partial charge in [0, 0.05) is 0 Å². The van der Waals surface area contributed by atoms with Gasteiger partial charge >= 0.3 is 0 Å². The summed E-state index contributed by atoms with van der Waals surface area (Å²) in [6, 6.07) is 21.5. The smallest absolute Gasteiger partial charge is 0.196 e. The summed E-state index contributed by atoms with van der Waals surface area (Å²) >= 11 is 0. The van der Waals surface area contributed by atoms with Crippen molar-refractivity contribution in [3.63, 3.8) is 0 Å². The topological polar surface area (TPSA) is 107 Å². The molecular formula is C22H17N5. The third kappa shape index (κ3) is 2.46. The summed E-state index contributed by atoms with van der Waals surface area (Å²) in [6.07, 6.45) is 0. The Bertz CT molecular complexity index is 944. The number of aryl methyl sites for hydroxylation is 2. The van der Waals surface area contributed by atoms with Crippen LogP contribution in [-0.4, -0.2) is 0 Å². The molecule has 0 spiro atoms. The van der Waals surface area contributed by atoms with Gasteiger partial charge in [-0.25, -0.2) is 0 Å². The number of rotatable bonds is 2. The zero-order valence-electron chi connectivity index (χ0n) is 15.1. The van der Waals surface area contributed by atoms with E-state index < -0.39 is 22.9 Å². The molecule has 2 aromatic rings. The lowest BCUT2D eigenvalue weighted by atomic mass is 9.61. The lowest BCUT2D eigenvalue weighted by Gasteiger charge is -2.29. The van der Waals surface area contributed by atoms with Gasteiger partial charge in [-0.3, -0.25) is 5.32 Å². The SMILES string of the molecule is Cc1cccc(C2NC(c3cccc(C)c3)C(C#N)(C#N)C2(C#N)C#N)c1. The van der Waals surface area contributed by atoms with Crippen molar-refractivity contribution in [2.75, 3.05) is 0 Å². The van der Waals surface area contributed by atoms with Gasteiger partial charge in [0.05, 0.1) is 36.4 Å². The lowest BCUT2D eigenvalue weighted by molar-refractivity contribution is 0.311. The monoisotopic (exact) mass is 351 g/mol. The van der Waals surface area contributed by atoms with Crippen molar-refractivity contribution in [1.29, 1.82) is 21.0 Å². The maximum atomic E-state index is 10.0. The fourth-order valence-electron chi connectivity index (χ4n) is 3.92. The molecule has 0 aliphatic carbocycles. The first-order valence-electron chi connectivity index (χ1n) is 8.52. The third-order valence-corrected chi connectivity index (χ3v) is 5.28. The predicted molar refractivity (Wildman–Crippen MR) is 98.3 cm³/mol. The van der Waals surface area contributed by atoms with E-state index in [0.717, 1.165) is 11.1 Å². The molecule has 0 aromatic heterocycles. The van der Waals surface area contributed by atoms with Gasteiger partial charge in [0.2, 0.25) is 0 Å². The summed E-state index contributed by atoms with van der Waals surface area (Å²) in [4.78, 5) is 0. The molecule has 5 heteroatoms. The number of benzene rings is 2. The normalized spacial score (nSPS) is 22.0. The highest BCUT2D eigenvalue weighted by Gasteiger charge is 2.69. The number of nitrogens with zero attached hydrogens (tertiary/aromatic N) is 4. The second-order valence-corrected chi connectivity index (χ2v) is 6.92. The molecule has 3 rings (SSSR count). The minimum Gasteiger partial charge on any atom is -0.298 e. The van der Waals surface area contributed by atoms with Crippen LogP contribution in [0.1, 0.15) is 34.3 Å². The highest BCUT2D eigenvalue weighted by atomic mass is 15.1. The van der Waals surface area contributed by atoms with Crippen molar-refractivity contribution in [2.24, 2.45) is 10.8 Å². The first-order chi connectivity index (χ1) is 13.0.